The van der Waals surface area contributed by atoms with Crippen molar-refractivity contribution in [2.45, 2.75) is 39.0 Å². The minimum absolute atomic E-state index is 0.0771. The Kier molecular flexibility index (Phi) is 5.40. The average Bonchev–Trinajstić information content (AvgIpc) is 2.47. The van der Waals surface area contributed by atoms with E-state index in [1.54, 1.807) is 13.0 Å². The Morgan fingerprint density at radius 3 is 2.17 bits per heavy atom. The van der Waals surface area contributed by atoms with Gasteiger partial charge in [0.1, 0.15) is 0 Å². The number of hydrogen-bond acceptors (Lipinski definition) is 3. The highest BCUT2D eigenvalue weighted by molar-refractivity contribution is 7.89. The molecule has 0 aliphatic carbocycles. The Bertz CT molecular complexity index is 731. The molecule has 24 heavy (non-hydrogen) atoms. The van der Waals surface area contributed by atoms with E-state index in [9.17, 15) is 13.2 Å². The number of carbonyl (C=O) groups excluding carboxylic acids is 1. The summed E-state index contributed by atoms with van der Waals surface area (Å²) in [7, 11) is -0.563. The molecule has 1 amide bonds. The molecule has 5 nitrogen and oxygen atoms in total. The molecule has 1 fully saturated rings. The van der Waals surface area contributed by atoms with Crippen LogP contribution >= 0.6 is 0 Å². The lowest BCUT2D eigenvalue weighted by atomic mass is 9.91. The van der Waals surface area contributed by atoms with E-state index in [1.165, 1.54) is 24.5 Å². The van der Waals surface area contributed by atoms with E-state index in [4.69, 9.17) is 0 Å². The number of benzene rings is 1. The summed E-state index contributed by atoms with van der Waals surface area (Å²) in [6, 6.07) is 3.33. The Hall–Kier alpha value is -1.40. The fraction of sp³-hybridized carbons (Fsp3) is 0.611. The molecule has 1 aromatic rings. The minimum atomic E-state index is -3.58. The molecule has 134 valence electrons. The van der Waals surface area contributed by atoms with Gasteiger partial charge in [-0.2, -0.15) is 0 Å². The van der Waals surface area contributed by atoms with Crippen LogP contribution in [0.15, 0.2) is 17.0 Å². The molecular formula is C18H28N2O3S. The van der Waals surface area contributed by atoms with Gasteiger partial charge >= 0.3 is 0 Å². The van der Waals surface area contributed by atoms with Crippen LogP contribution in [0, 0.1) is 25.7 Å². The van der Waals surface area contributed by atoms with E-state index in [0.29, 0.717) is 23.0 Å². The summed E-state index contributed by atoms with van der Waals surface area (Å²) in [6.07, 6.45) is 1.12. The van der Waals surface area contributed by atoms with Gasteiger partial charge in [0.15, 0.2) is 0 Å². The van der Waals surface area contributed by atoms with Gasteiger partial charge in [-0.25, -0.2) is 12.7 Å². The fourth-order valence-corrected chi connectivity index (χ4v) is 4.64. The van der Waals surface area contributed by atoms with Crippen LogP contribution in [0.5, 0.6) is 0 Å². The average molecular weight is 353 g/mol. The highest BCUT2D eigenvalue weighted by Crippen LogP contribution is 2.26. The molecule has 1 aliphatic rings. The van der Waals surface area contributed by atoms with Crippen molar-refractivity contribution in [1.29, 1.82) is 0 Å². The van der Waals surface area contributed by atoms with Crippen LogP contribution in [-0.4, -0.2) is 50.7 Å². The van der Waals surface area contributed by atoms with Gasteiger partial charge < -0.3 is 4.90 Å². The molecule has 0 aromatic heterocycles. The summed E-state index contributed by atoms with van der Waals surface area (Å²) in [6.45, 7) is 9.39. The van der Waals surface area contributed by atoms with Gasteiger partial charge in [0, 0.05) is 32.7 Å². The maximum Gasteiger partial charge on any atom is 0.253 e. The first kappa shape index (κ1) is 18.9. The molecule has 1 heterocycles. The zero-order valence-corrected chi connectivity index (χ0v) is 16.3. The Labute approximate surface area is 145 Å². The van der Waals surface area contributed by atoms with Crippen molar-refractivity contribution in [1.82, 2.24) is 9.21 Å². The van der Waals surface area contributed by atoms with E-state index in [1.807, 2.05) is 11.8 Å². The summed E-state index contributed by atoms with van der Waals surface area (Å²) >= 11 is 0. The largest absolute Gasteiger partial charge is 0.338 e. The maximum absolute atomic E-state index is 12.9. The monoisotopic (exact) mass is 352 g/mol. The number of sulfonamides is 1. The topological polar surface area (TPSA) is 57.7 Å². The van der Waals surface area contributed by atoms with Crippen LogP contribution in [0.1, 0.15) is 41.8 Å². The van der Waals surface area contributed by atoms with Gasteiger partial charge in [0.2, 0.25) is 10.0 Å². The third-order valence-electron chi connectivity index (χ3n) is 4.78. The molecule has 2 atom stereocenters. The molecule has 6 heteroatoms. The lowest BCUT2D eigenvalue weighted by Crippen LogP contribution is -2.42. The van der Waals surface area contributed by atoms with Crippen LogP contribution in [0.25, 0.3) is 0 Å². The number of likely N-dealkylation sites (tertiary alicyclic amines) is 1. The standard InChI is InChI=1S/C18H28N2O3S/c1-12-7-13(2)11-20(10-12)18(21)16-8-14(3)15(4)17(9-16)24(22,23)19(5)6/h8-9,12-13H,7,10-11H2,1-6H3. The van der Waals surface area contributed by atoms with E-state index in [0.717, 1.165) is 25.1 Å². The summed E-state index contributed by atoms with van der Waals surface area (Å²) < 4.78 is 26.3. The third kappa shape index (κ3) is 3.64. The van der Waals surface area contributed by atoms with E-state index in [-0.39, 0.29) is 10.8 Å². The number of carbonyl (C=O) groups is 1. The van der Waals surface area contributed by atoms with Crippen molar-refractivity contribution < 1.29 is 13.2 Å². The summed E-state index contributed by atoms with van der Waals surface area (Å²) in [5, 5.41) is 0. The lowest BCUT2D eigenvalue weighted by Gasteiger charge is -2.35. The molecule has 0 saturated carbocycles. The number of amides is 1. The number of rotatable bonds is 3. The second-order valence-electron chi connectivity index (χ2n) is 7.36. The first-order valence-electron chi connectivity index (χ1n) is 8.37. The van der Waals surface area contributed by atoms with Crippen molar-refractivity contribution >= 4 is 15.9 Å². The first-order chi connectivity index (χ1) is 11.0. The van der Waals surface area contributed by atoms with Gasteiger partial charge in [-0.05, 0) is 55.4 Å². The van der Waals surface area contributed by atoms with Crippen molar-refractivity contribution in [3.63, 3.8) is 0 Å². The van der Waals surface area contributed by atoms with Crippen LogP contribution in [-0.2, 0) is 10.0 Å². The predicted molar refractivity (Wildman–Crippen MR) is 95.6 cm³/mol. The third-order valence-corrected chi connectivity index (χ3v) is 6.72. The van der Waals surface area contributed by atoms with Crippen molar-refractivity contribution in [2.24, 2.45) is 11.8 Å². The molecule has 0 spiro atoms. The minimum Gasteiger partial charge on any atom is -0.338 e. The predicted octanol–water partition coefficient (Wildman–Crippen LogP) is 2.67. The second kappa shape index (κ2) is 6.84. The van der Waals surface area contributed by atoms with Crippen LogP contribution < -0.4 is 0 Å². The van der Waals surface area contributed by atoms with Crippen molar-refractivity contribution in [3.8, 4) is 0 Å². The Morgan fingerprint density at radius 2 is 1.67 bits per heavy atom. The second-order valence-corrected chi connectivity index (χ2v) is 9.48. The normalized spacial score (nSPS) is 22.0. The molecule has 2 unspecified atom stereocenters. The number of nitrogens with zero attached hydrogens (tertiary/aromatic N) is 2. The molecule has 0 radical (unpaired) electrons. The Morgan fingerprint density at radius 1 is 1.12 bits per heavy atom. The number of hydrogen-bond donors (Lipinski definition) is 0. The van der Waals surface area contributed by atoms with Gasteiger partial charge in [-0.15, -0.1) is 0 Å². The van der Waals surface area contributed by atoms with E-state index in [2.05, 4.69) is 13.8 Å². The quantitative estimate of drug-likeness (QED) is 0.840. The van der Waals surface area contributed by atoms with Crippen LogP contribution in [0.4, 0.5) is 0 Å². The van der Waals surface area contributed by atoms with Gasteiger partial charge in [-0.3, -0.25) is 4.79 Å². The van der Waals surface area contributed by atoms with Crippen molar-refractivity contribution in [3.05, 3.63) is 28.8 Å². The zero-order valence-electron chi connectivity index (χ0n) is 15.5. The molecule has 0 N–H and O–H groups in total. The van der Waals surface area contributed by atoms with E-state index >= 15 is 0 Å². The van der Waals surface area contributed by atoms with E-state index < -0.39 is 10.0 Å². The van der Waals surface area contributed by atoms with Gasteiger partial charge in [-0.1, -0.05) is 13.8 Å². The maximum atomic E-state index is 12.9. The SMILES string of the molecule is Cc1cc(C(=O)N2CC(C)CC(C)C2)cc(S(=O)(=O)N(C)C)c1C. The molecular weight excluding hydrogens is 324 g/mol. The number of piperidine rings is 1. The van der Waals surface area contributed by atoms with Crippen molar-refractivity contribution in [2.75, 3.05) is 27.2 Å². The van der Waals surface area contributed by atoms with Gasteiger partial charge in [0.25, 0.3) is 5.91 Å². The molecule has 0 bridgehead atoms. The summed E-state index contributed by atoms with van der Waals surface area (Å²) in [4.78, 5) is 15.0. The lowest BCUT2D eigenvalue weighted by molar-refractivity contribution is 0.0623. The molecule has 1 aliphatic heterocycles. The highest BCUT2D eigenvalue weighted by atomic mass is 32.2. The molecule has 2 rings (SSSR count). The summed E-state index contributed by atoms with van der Waals surface area (Å²) in [5.41, 5.74) is 1.97. The highest BCUT2D eigenvalue weighted by Gasteiger charge is 2.28. The molecule has 1 saturated heterocycles. The van der Waals surface area contributed by atoms with Crippen LogP contribution in [0.2, 0.25) is 0 Å². The zero-order chi connectivity index (χ0) is 18.2. The smallest absolute Gasteiger partial charge is 0.253 e. The summed E-state index contributed by atoms with van der Waals surface area (Å²) in [5.74, 6) is 0.857. The van der Waals surface area contributed by atoms with Crippen LogP contribution in [0.3, 0.4) is 0 Å². The number of aryl methyl sites for hydroxylation is 1. The first-order valence-corrected chi connectivity index (χ1v) is 9.81. The molecule has 1 aromatic carbocycles. The fourth-order valence-electron chi connectivity index (χ4n) is 3.43. The van der Waals surface area contributed by atoms with Gasteiger partial charge in [0.05, 0.1) is 4.90 Å². The Balaban J connectivity index is 2.45.